The van der Waals surface area contributed by atoms with Crippen molar-refractivity contribution in [3.8, 4) is 17.1 Å². The van der Waals surface area contributed by atoms with E-state index in [1.807, 2.05) is 20.8 Å². The summed E-state index contributed by atoms with van der Waals surface area (Å²) < 4.78 is 10.4. The lowest BCUT2D eigenvalue weighted by molar-refractivity contribution is -0.153. The van der Waals surface area contributed by atoms with Crippen LogP contribution in [0.2, 0.25) is 0 Å². The van der Waals surface area contributed by atoms with Crippen LogP contribution in [0, 0.1) is 0 Å². The number of ether oxygens (including phenoxy) is 1. The van der Waals surface area contributed by atoms with Crippen molar-refractivity contribution in [2.45, 2.75) is 45.6 Å². The van der Waals surface area contributed by atoms with Gasteiger partial charge in [-0.15, -0.1) is 0 Å². The van der Waals surface area contributed by atoms with Gasteiger partial charge in [0.05, 0.1) is 6.54 Å². The van der Waals surface area contributed by atoms with Crippen LogP contribution in [0.1, 0.15) is 49.9 Å². The number of carbonyl (C=O) groups excluding carboxylic acids is 1. The van der Waals surface area contributed by atoms with Gasteiger partial charge in [0.1, 0.15) is 16.9 Å². The van der Waals surface area contributed by atoms with Crippen molar-refractivity contribution in [2.75, 3.05) is 13.1 Å². The second-order valence-corrected chi connectivity index (χ2v) is 7.27. The lowest BCUT2D eigenvalue weighted by Gasteiger charge is -2.19. The summed E-state index contributed by atoms with van der Waals surface area (Å²) in [6.45, 7) is 6.30. The van der Waals surface area contributed by atoms with Gasteiger partial charge < -0.3 is 24.8 Å². The fourth-order valence-electron chi connectivity index (χ4n) is 2.42. The first-order valence-corrected chi connectivity index (χ1v) is 8.97. The average Bonchev–Trinajstić information content (AvgIpc) is 3.05. The molecule has 0 spiro atoms. The van der Waals surface area contributed by atoms with E-state index in [9.17, 15) is 14.7 Å². The molecule has 0 fully saturated rings. The maximum atomic E-state index is 11.6. The number of carbonyl (C=O) groups is 2. The number of benzene rings is 1. The monoisotopic (exact) mass is 391 g/mol. The highest BCUT2D eigenvalue weighted by atomic mass is 16.6. The van der Waals surface area contributed by atoms with Gasteiger partial charge in [-0.3, -0.25) is 4.79 Å². The van der Waals surface area contributed by atoms with Crippen LogP contribution in [-0.4, -0.2) is 51.0 Å². The van der Waals surface area contributed by atoms with Crippen molar-refractivity contribution >= 4 is 11.9 Å². The minimum absolute atomic E-state index is 0.164. The molecule has 28 heavy (non-hydrogen) atoms. The van der Waals surface area contributed by atoms with E-state index in [0.717, 1.165) is 12.8 Å². The van der Waals surface area contributed by atoms with Crippen LogP contribution < -0.4 is 5.32 Å². The van der Waals surface area contributed by atoms with E-state index in [0.29, 0.717) is 24.4 Å². The first kappa shape index (κ1) is 21.4. The van der Waals surface area contributed by atoms with Crippen molar-refractivity contribution < 1.29 is 29.1 Å². The molecule has 9 heteroatoms. The molecule has 0 unspecified atom stereocenters. The Bertz CT molecular complexity index is 825. The van der Waals surface area contributed by atoms with Gasteiger partial charge in [0, 0.05) is 12.0 Å². The Morgan fingerprint density at radius 3 is 2.64 bits per heavy atom. The molecule has 1 aromatic heterocycles. The van der Waals surface area contributed by atoms with Crippen molar-refractivity contribution in [3.63, 3.8) is 0 Å². The van der Waals surface area contributed by atoms with Crippen LogP contribution in [0.15, 0.2) is 22.7 Å². The van der Waals surface area contributed by atoms with E-state index in [-0.39, 0.29) is 29.7 Å². The highest BCUT2D eigenvalue weighted by Crippen LogP contribution is 2.25. The topological polar surface area (TPSA) is 135 Å². The van der Waals surface area contributed by atoms with E-state index in [2.05, 4.69) is 15.5 Å². The van der Waals surface area contributed by atoms with Crippen LogP contribution in [-0.2, 0) is 16.0 Å². The van der Waals surface area contributed by atoms with E-state index in [1.54, 1.807) is 0 Å². The molecule has 0 radical (unpaired) electrons. The second kappa shape index (κ2) is 9.32. The Balaban J connectivity index is 1.74. The lowest BCUT2D eigenvalue weighted by atomic mass is 10.1. The van der Waals surface area contributed by atoms with Crippen LogP contribution in [0.4, 0.5) is 0 Å². The third kappa shape index (κ3) is 6.66. The number of aryl methyl sites for hydroxylation is 1. The number of carboxylic acid groups (broad SMARTS) is 1. The number of nitrogens with one attached hydrogen (secondary N) is 1. The van der Waals surface area contributed by atoms with Crippen LogP contribution >= 0.6 is 0 Å². The number of hydrogen-bond acceptors (Lipinski definition) is 8. The normalized spacial score (nSPS) is 11.4. The summed E-state index contributed by atoms with van der Waals surface area (Å²) in [5.41, 5.74) is -0.206. The Hall–Kier alpha value is -2.94. The summed E-state index contributed by atoms with van der Waals surface area (Å²) in [5.74, 6) is -1.12. The van der Waals surface area contributed by atoms with E-state index < -0.39 is 11.6 Å². The van der Waals surface area contributed by atoms with E-state index >= 15 is 0 Å². The van der Waals surface area contributed by atoms with Gasteiger partial charge >= 0.3 is 11.9 Å². The molecular formula is C19H25N3O6. The molecule has 3 N–H and O–H groups in total. The van der Waals surface area contributed by atoms with Gasteiger partial charge in [0.2, 0.25) is 11.7 Å². The Labute approximate surface area is 162 Å². The Kier molecular flexibility index (Phi) is 7.11. The molecule has 0 saturated carbocycles. The van der Waals surface area contributed by atoms with Crippen LogP contribution in [0.5, 0.6) is 5.75 Å². The van der Waals surface area contributed by atoms with Gasteiger partial charge in [0.25, 0.3) is 0 Å². The van der Waals surface area contributed by atoms with Gasteiger partial charge in [0.15, 0.2) is 0 Å². The van der Waals surface area contributed by atoms with Crippen molar-refractivity contribution in [3.05, 3.63) is 29.7 Å². The maximum Gasteiger partial charge on any atom is 0.339 e. The number of aromatic carboxylic acids is 1. The third-order valence-corrected chi connectivity index (χ3v) is 3.64. The van der Waals surface area contributed by atoms with Crippen molar-refractivity contribution in [1.29, 1.82) is 0 Å². The first-order chi connectivity index (χ1) is 13.2. The highest BCUT2D eigenvalue weighted by molar-refractivity contribution is 5.91. The zero-order valence-corrected chi connectivity index (χ0v) is 16.2. The highest BCUT2D eigenvalue weighted by Gasteiger charge is 2.16. The molecule has 2 rings (SSSR count). The van der Waals surface area contributed by atoms with Gasteiger partial charge in [-0.25, -0.2) is 4.79 Å². The second-order valence-electron chi connectivity index (χ2n) is 7.27. The predicted octanol–water partition coefficient (Wildman–Crippen LogP) is 2.39. The number of rotatable bonds is 9. The van der Waals surface area contributed by atoms with Crippen molar-refractivity contribution in [1.82, 2.24) is 15.5 Å². The number of phenols is 1. The minimum atomic E-state index is -1.21. The minimum Gasteiger partial charge on any atom is -0.507 e. The quantitative estimate of drug-likeness (QED) is 0.435. The van der Waals surface area contributed by atoms with E-state index in [4.69, 9.17) is 14.4 Å². The summed E-state index contributed by atoms with van der Waals surface area (Å²) in [6, 6.07) is 4.09. The number of hydrogen-bond donors (Lipinski definition) is 3. The lowest BCUT2D eigenvalue weighted by Crippen LogP contribution is -2.31. The molecule has 1 aromatic carbocycles. The fraction of sp³-hybridized carbons (Fsp3) is 0.474. The van der Waals surface area contributed by atoms with Gasteiger partial charge in [-0.2, -0.15) is 4.98 Å². The molecule has 152 valence electrons. The molecule has 1 heterocycles. The van der Waals surface area contributed by atoms with Crippen LogP contribution in [0.25, 0.3) is 11.4 Å². The Morgan fingerprint density at radius 1 is 1.25 bits per heavy atom. The standard InChI is InChI=1S/C19H25N3O6/c1-19(2,3)27-16(24)11-20-9-5-4-6-15-21-17(22-28-15)12-7-8-13(18(25)26)14(23)10-12/h7-8,10,20,23H,4-6,9,11H2,1-3H3,(H,25,26). The largest absolute Gasteiger partial charge is 0.507 e. The molecule has 0 atom stereocenters. The number of aromatic hydroxyl groups is 1. The predicted molar refractivity (Wildman–Crippen MR) is 100 cm³/mol. The molecule has 0 aliphatic carbocycles. The van der Waals surface area contributed by atoms with Gasteiger partial charge in [-0.05, 0) is 58.4 Å². The SMILES string of the molecule is CC(C)(C)OC(=O)CNCCCCc1nc(-c2ccc(C(=O)O)c(O)c2)no1. The maximum absolute atomic E-state index is 11.6. The molecule has 2 aromatic rings. The Morgan fingerprint density at radius 2 is 2.00 bits per heavy atom. The van der Waals surface area contributed by atoms with Crippen molar-refractivity contribution in [2.24, 2.45) is 0 Å². The number of carboxylic acids is 1. The summed E-state index contributed by atoms with van der Waals surface area (Å²) in [7, 11) is 0. The number of aromatic nitrogens is 2. The molecular weight excluding hydrogens is 366 g/mol. The zero-order valence-electron chi connectivity index (χ0n) is 16.2. The molecule has 0 aliphatic rings. The zero-order chi connectivity index (χ0) is 20.7. The van der Waals surface area contributed by atoms with E-state index in [1.165, 1.54) is 18.2 Å². The number of nitrogens with zero attached hydrogens (tertiary/aromatic N) is 2. The average molecular weight is 391 g/mol. The molecule has 0 saturated heterocycles. The smallest absolute Gasteiger partial charge is 0.339 e. The fourth-order valence-corrected chi connectivity index (χ4v) is 2.42. The third-order valence-electron chi connectivity index (χ3n) is 3.64. The number of unbranched alkanes of at least 4 members (excludes halogenated alkanes) is 1. The molecule has 0 bridgehead atoms. The summed E-state index contributed by atoms with van der Waals surface area (Å²) in [4.78, 5) is 26.7. The molecule has 0 amide bonds. The van der Waals surface area contributed by atoms with Gasteiger partial charge in [-0.1, -0.05) is 5.16 Å². The number of esters is 1. The van der Waals surface area contributed by atoms with Crippen LogP contribution in [0.3, 0.4) is 0 Å². The summed E-state index contributed by atoms with van der Waals surface area (Å²) in [5, 5.41) is 25.6. The molecule has 0 aliphatic heterocycles. The molecule has 9 nitrogen and oxygen atoms in total. The summed E-state index contributed by atoms with van der Waals surface area (Å²) in [6.07, 6.45) is 2.17. The first-order valence-electron chi connectivity index (χ1n) is 8.97. The summed E-state index contributed by atoms with van der Waals surface area (Å²) >= 11 is 0.